The van der Waals surface area contributed by atoms with Crippen LogP contribution in [0.4, 0.5) is 0 Å². The monoisotopic (exact) mass is 408 g/mol. The Morgan fingerprint density at radius 1 is 1.24 bits per heavy atom. The third-order valence-corrected chi connectivity index (χ3v) is 6.37. The fourth-order valence-corrected chi connectivity index (χ4v) is 4.97. The number of benzene rings is 2. The Morgan fingerprint density at radius 3 is 2.79 bits per heavy atom. The van der Waals surface area contributed by atoms with Crippen LogP contribution in [0.5, 0.6) is 5.88 Å². The summed E-state index contributed by atoms with van der Waals surface area (Å²) in [6.45, 7) is 5.78. The van der Waals surface area contributed by atoms with E-state index in [0.29, 0.717) is 29.0 Å². The largest absolute Gasteiger partial charge is 0.493 e. The molecule has 6 nitrogen and oxygen atoms in total. The Balaban J connectivity index is 1.58. The van der Waals surface area contributed by atoms with Gasteiger partial charge in [-0.05, 0) is 36.0 Å². The summed E-state index contributed by atoms with van der Waals surface area (Å²) in [5.74, 6) is 0.516. The lowest BCUT2D eigenvalue weighted by atomic mass is 10.1. The molecule has 0 aliphatic carbocycles. The number of likely N-dealkylation sites (tertiary alicyclic amines) is 1. The summed E-state index contributed by atoms with van der Waals surface area (Å²) in [6.07, 6.45) is 0.804. The first-order chi connectivity index (χ1) is 14.0. The van der Waals surface area contributed by atoms with Crippen molar-refractivity contribution in [3.63, 3.8) is 0 Å². The van der Waals surface area contributed by atoms with Gasteiger partial charge in [0.2, 0.25) is 5.88 Å². The number of aromatic nitrogens is 2. The minimum Gasteiger partial charge on any atom is -0.493 e. The number of imidazole rings is 1. The van der Waals surface area contributed by atoms with Gasteiger partial charge in [0.15, 0.2) is 5.11 Å². The lowest BCUT2D eigenvalue weighted by molar-refractivity contribution is 0.332. The molecule has 2 aliphatic rings. The summed E-state index contributed by atoms with van der Waals surface area (Å²) in [4.78, 5) is 15.4. The van der Waals surface area contributed by atoms with Crippen molar-refractivity contribution in [2.75, 3.05) is 13.1 Å². The second-order valence-electron chi connectivity index (χ2n) is 8.33. The topological polar surface area (TPSA) is 62.4 Å². The van der Waals surface area contributed by atoms with Crippen molar-refractivity contribution in [1.29, 1.82) is 0 Å². The van der Waals surface area contributed by atoms with Gasteiger partial charge in [-0.25, -0.2) is 9.36 Å². The van der Waals surface area contributed by atoms with Gasteiger partial charge in [-0.1, -0.05) is 50.2 Å². The number of nitrogens with zero attached hydrogens (tertiary/aromatic N) is 3. The zero-order valence-electron chi connectivity index (χ0n) is 16.5. The molecule has 150 valence electrons. The number of hydrogen-bond donors (Lipinski definition) is 2. The first-order valence-corrected chi connectivity index (χ1v) is 10.5. The number of aromatic hydroxyl groups is 1. The molecular weight excluding hydrogens is 384 g/mol. The SMILES string of the molecule is CC(C)CNC(=S)N1C[C@@H]2C[C@H]1c1c(O)n(-c3cccc4ccccc34)c(=O)n12. The van der Waals surface area contributed by atoms with E-state index in [1.807, 2.05) is 42.5 Å². The minimum atomic E-state index is -0.179. The van der Waals surface area contributed by atoms with E-state index in [0.717, 1.165) is 23.7 Å². The maximum atomic E-state index is 13.3. The van der Waals surface area contributed by atoms with Crippen LogP contribution in [0.15, 0.2) is 47.3 Å². The summed E-state index contributed by atoms with van der Waals surface area (Å²) < 4.78 is 3.22. The van der Waals surface area contributed by atoms with Gasteiger partial charge in [0.25, 0.3) is 0 Å². The molecule has 1 aromatic heterocycles. The second kappa shape index (κ2) is 6.62. The van der Waals surface area contributed by atoms with Crippen molar-refractivity contribution in [2.45, 2.75) is 32.4 Å². The fraction of sp³-hybridized carbons (Fsp3) is 0.364. The van der Waals surface area contributed by atoms with Crippen molar-refractivity contribution < 1.29 is 5.11 Å². The lowest BCUT2D eigenvalue weighted by Gasteiger charge is -2.30. The fourth-order valence-electron chi connectivity index (χ4n) is 4.68. The highest BCUT2D eigenvalue weighted by atomic mass is 32.1. The molecule has 5 rings (SSSR count). The van der Waals surface area contributed by atoms with Gasteiger partial charge >= 0.3 is 5.69 Å². The third-order valence-electron chi connectivity index (χ3n) is 5.99. The molecule has 2 aromatic carbocycles. The molecule has 0 saturated carbocycles. The maximum Gasteiger partial charge on any atom is 0.336 e. The summed E-state index contributed by atoms with van der Waals surface area (Å²) in [5, 5.41) is 17.1. The standard InChI is InChI=1S/C22H24N4O2S/c1-13(2)11-23-21(29)24-12-15-10-18(24)19-20(27)26(22(28)25(15)19)17-9-5-7-14-6-3-4-8-16(14)17/h3-9,13,15,18,27H,10-12H2,1-2H3,(H,23,29)/t15-,18-/m0/s1. The highest BCUT2D eigenvalue weighted by Gasteiger charge is 2.48. The summed E-state index contributed by atoms with van der Waals surface area (Å²) in [6, 6.07) is 13.7. The Morgan fingerprint density at radius 2 is 2.00 bits per heavy atom. The molecule has 3 heterocycles. The van der Waals surface area contributed by atoms with E-state index >= 15 is 0 Å². The van der Waals surface area contributed by atoms with Crippen molar-refractivity contribution in [2.24, 2.45) is 5.92 Å². The minimum absolute atomic E-state index is 0.0233. The van der Waals surface area contributed by atoms with Gasteiger partial charge in [0.1, 0.15) is 5.69 Å². The normalized spacial score (nSPS) is 19.9. The van der Waals surface area contributed by atoms with Crippen LogP contribution in [0.25, 0.3) is 16.5 Å². The summed E-state index contributed by atoms with van der Waals surface area (Å²) >= 11 is 5.60. The third kappa shape index (κ3) is 2.68. The zero-order valence-corrected chi connectivity index (χ0v) is 17.3. The van der Waals surface area contributed by atoms with Crippen LogP contribution in [0.2, 0.25) is 0 Å². The molecule has 0 unspecified atom stereocenters. The zero-order chi connectivity index (χ0) is 20.3. The van der Waals surface area contributed by atoms with Gasteiger partial charge in [0.05, 0.1) is 17.8 Å². The molecule has 7 heteroatoms. The maximum absolute atomic E-state index is 13.3. The molecule has 3 aromatic rings. The van der Waals surface area contributed by atoms with E-state index in [2.05, 4.69) is 24.1 Å². The van der Waals surface area contributed by atoms with Crippen molar-refractivity contribution in [3.8, 4) is 11.6 Å². The molecule has 0 spiro atoms. The number of hydrogen-bond acceptors (Lipinski definition) is 3. The van der Waals surface area contributed by atoms with Gasteiger partial charge < -0.3 is 15.3 Å². The molecule has 2 bridgehead atoms. The number of thiocarbonyl (C=S) groups is 1. The van der Waals surface area contributed by atoms with Crippen LogP contribution in [-0.4, -0.2) is 37.3 Å². The lowest BCUT2D eigenvalue weighted by Crippen LogP contribution is -2.44. The quantitative estimate of drug-likeness (QED) is 0.651. The molecule has 0 radical (unpaired) electrons. The van der Waals surface area contributed by atoms with Gasteiger partial charge in [-0.3, -0.25) is 4.57 Å². The molecule has 1 fully saturated rings. The number of rotatable bonds is 3. The van der Waals surface area contributed by atoms with Gasteiger partial charge in [-0.2, -0.15) is 0 Å². The van der Waals surface area contributed by atoms with E-state index in [-0.39, 0.29) is 23.7 Å². The van der Waals surface area contributed by atoms with Crippen LogP contribution in [0.3, 0.4) is 0 Å². The molecule has 2 N–H and O–H groups in total. The Bertz CT molecular complexity index is 1170. The van der Waals surface area contributed by atoms with Crippen molar-refractivity contribution >= 4 is 28.1 Å². The molecule has 2 atom stereocenters. The van der Waals surface area contributed by atoms with Gasteiger partial charge in [0, 0.05) is 18.5 Å². The van der Waals surface area contributed by atoms with E-state index < -0.39 is 0 Å². The van der Waals surface area contributed by atoms with Crippen LogP contribution in [0.1, 0.15) is 38.0 Å². The Hall–Kier alpha value is -2.80. The van der Waals surface area contributed by atoms with Crippen LogP contribution in [-0.2, 0) is 0 Å². The highest BCUT2D eigenvalue weighted by molar-refractivity contribution is 7.80. The second-order valence-corrected chi connectivity index (χ2v) is 8.72. The van der Waals surface area contributed by atoms with Crippen molar-refractivity contribution in [3.05, 3.63) is 58.6 Å². The van der Waals surface area contributed by atoms with Crippen molar-refractivity contribution in [1.82, 2.24) is 19.4 Å². The first-order valence-electron chi connectivity index (χ1n) is 10.1. The average Bonchev–Trinajstić information content (AvgIpc) is 3.37. The van der Waals surface area contributed by atoms with Crippen LogP contribution >= 0.6 is 12.2 Å². The van der Waals surface area contributed by atoms with E-state index in [4.69, 9.17) is 12.2 Å². The number of fused-ring (bicyclic) bond motifs is 6. The Kier molecular flexibility index (Phi) is 4.17. The van der Waals surface area contributed by atoms with E-state index in [9.17, 15) is 9.90 Å². The Labute approximate surface area is 174 Å². The predicted octanol–water partition coefficient (Wildman–Crippen LogP) is 3.33. The highest BCUT2D eigenvalue weighted by Crippen LogP contribution is 2.48. The predicted molar refractivity (Wildman–Crippen MR) is 118 cm³/mol. The van der Waals surface area contributed by atoms with Crippen LogP contribution in [0, 0.1) is 5.92 Å². The average molecular weight is 409 g/mol. The summed E-state index contributed by atoms with van der Waals surface area (Å²) in [5.41, 5.74) is 1.20. The molecule has 2 aliphatic heterocycles. The molecular formula is C22H24N4O2S. The number of nitrogens with one attached hydrogen (secondary N) is 1. The van der Waals surface area contributed by atoms with E-state index in [1.54, 1.807) is 4.57 Å². The van der Waals surface area contributed by atoms with Crippen LogP contribution < -0.4 is 11.0 Å². The summed E-state index contributed by atoms with van der Waals surface area (Å²) in [7, 11) is 0. The molecule has 1 saturated heterocycles. The van der Waals surface area contributed by atoms with E-state index in [1.165, 1.54) is 4.57 Å². The molecule has 0 amide bonds. The smallest absolute Gasteiger partial charge is 0.336 e. The molecule has 29 heavy (non-hydrogen) atoms. The van der Waals surface area contributed by atoms with Gasteiger partial charge in [-0.15, -0.1) is 0 Å². The first kappa shape index (κ1) is 18.2.